The summed E-state index contributed by atoms with van der Waals surface area (Å²) in [6, 6.07) is 11.2. The minimum atomic E-state index is -0.453. The van der Waals surface area contributed by atoms with Crippen LogP contribution in [0, 0.1) is 11.6 Å². The summed E-state index contributed by atoms with van der Waals surface area (Å²) in [4.78, 5) is 24.1. The third kappa shape index (κ3) is 7.11. The minimum Gasteiger partial charge on any atom is -0.497 e. The van der Waals surface area contributed by atoms with Crippen LogP contribution in [-0.2, 0) is 22.7 Å². The van der Waals surface area contributed by atoms with E-state index in [4.69, 9.17) is 14.6 Å². The van der Waals surface area contributed by atoms with E-state index in [1.165, 1.54) is 6.07 Å². The van der Waals surface area contributed by atoms with Crippen molar-refractivity contribution in [3.63, 3.8) is 0 Å². The van der Waals surface area contributed by atoms with Crippen molar-refractivity contribution < 1.29 is 28.2 Å². The molecule has 1 N–H and O–H groups in total. The van der Waals surface area contributed by atoms with Crippen LogP contribution < -0.4 is 4.74 Å². The van der Waals surface area contributed by atoms with Crippen LogP contribution in [0.25, 0.3) is 0 Å². The molecule has 162 valence electrons. The Labute approximate surface area is 174 Å². The Morgan fingerprint density at radius 2 is 1.87 bits per heavy atom. The SMILES string of the molecule is COc1ccc(CN(CCN2CCCC2=O)Cc2cc(F)ccc2F)cc1.O=CO. The van der Waals surface area contributed by atoms with Crippen molar-refractivity contribution in [3.05, 3.63) is 65.2 Å². The second-order valence-electron chi connectivity index (χ2n) is 6.88. The van der Waals surface area contributed by atoms with Gasteiger partial charge >= 0.3 is 0 Å². The molecule has 1 fully saturated rings. The molecule has 0 aliphatic carbocycles. The number of carbonyl (C=O) groups excluding carboxylic acids is 1. The lowest BCUT2D eigenvalue weighted by Gasteiger charge is -2.26. The van der Waals surface area contributed by atoms with Crippen LogP contribution >= 0.6 is 0 Å². The number of rotatable bonds is 8. The first-order valence-electron chi connectivity index (χ1n) is 9.61. The highest BCUT2D eigenvalue weighted by Crippen LogP contribution is 2.18. The van der Waals surface area contributed by atoms with Gasteiger partial charge in [-0.1, -0.05) is 12.1 Å². The van der Waals surface area contributed by atoms with Crippen LogP contribution in [0.2, 0.25) is 0 Å². The van der Waals surface area contributed by atoms with E-state index >= 15 is 0 Å². The lowest BCUT2D eigenvalue weighted by atomic mass is 10.1. The lowest BCUT2D eigenvalue weighted by Crippen LogP contribution is -2.35. The molecular formula is C22H26F2N2O4. The molecule has 1 aliphatic rings. The predicted molar refractivity (Wildman–Crippen MR) is 108 cm³/mol. The van der Waals surface area contributed by atoms with Gasteiger partial charge in [-0.25, -0.2) is 8.78 Å². The van der Waals surface area contributed by atoms with E-state index in [1.807, 2.05) is 34.1 Å². The van der Waals surface area contributed by atoms with Gasteiger partial charge in [-0.3, -0.25) is 14.5 Å². The Kier molecular flexibility index (Phi) is 9.21. The summed E-state index contributed by atoms with van der Waals surface area (Å²) in [5, 5.41) is 6.89. The van der Waals surface area contributed by atoms with Crippen LogP contribution in [-0.4, -0.2) is 54.0 Å². The maximum absolute atomic E-state index is 14.1. The maximum atomic E-state index is 14.1. The second kappa shape index (κ2) is 11.9. The van der Waals surface area contributed by atoms with Crippen molar-refractivity contribution in [2.45, 2.75) is 25.9 Å². The van der Waals surface area contributed by atoms with Crippen LogP contribution in [0.5, 0.6) is 5.75 Å². The topological polar surface area (TPSA) is 70.1 Å². The number of benzene rings is 2. The highest BCUT2D eigenvalue weighted by atomic mass is 19.1. The van der Waals surface area contributed by atoms with E-state index in [-0.39, 0.29) is 18.9 Å². The zero-order valence-electron chi connectivity index (χ0n) is 16.9. The number of likely N-dealkylation sites (tertiary alicyclic amines) is 1. The largest absolute Gasteiger partial charge is 0.497 e. The molecular weight excluding hydrogens is 394 g/mol. The van der Waals surface area contributed by atoms with Gasteiger partial charge in [0.15, 0.2) is 0 Å². The van der Waals surface area contributed by atoms with E-state index < -0.39 is 11.6 Å². The molecule has 3 rings (SSSR count). The molecule has 2 aromatic carbocycles. The van der Waals surface area contributed by atoms with Crippen LogP contribution in [0.4, 0.5) is 8.78 Å². The number of nitrogens with zero attached hydrogens (tertiary/aromatic N) is 2. The van der Waals surface area contributed by atoms with Crippen molar-refractivity contribution >= 4 is 12.4 Å². The molecule has 8 heteroatoms. The summed E-state index contributed by atoms with van der Waals surface area (Å²) < 4.78 is 32.8. The Bertz CT molecular complexity index is 830. The molecule has 0 unspecified atom stereocenters. The van der Waals surface area contributed by atoms with Crippen molar-refractivity contribution in [2.75, 3.05) is 26.7 Å². The third-order valence-corrected chi connectivity index (χ3v) is 4.82. The number of carboxylic acid groups (broad SMARTS) is 1. The summed E-state index contributed by atoms with van der Waals surface area (Å²) in [6.45, 7) is 2.54. The standard InChI is InChI=1S/C21H24F2N2O2.CH2O2/c1-27-19-7-4-16(5-8-19)14-24(11-12-25-10-2-3-21(25)26)15-17-13-18(22)6-9-20(17)23;2-1-3/h4-9,13H,2-3,10-12,14-15H2,1H3;1H,(H,2,3). The second-order valence-corrected chi connectivity index (χ2v) is 6.88. The predicted octanol–water partition coefficient (Wildman–Crippen LogP) is 3.30. The average Bonchev–Trinajstić information content (AvgIpc) is 3.15. The quantitative estimate of drug-likeness (QED) is 0.664. The first-order valence-corrected chi connectivity index (χ1v) is 9.61. The van der Waals surface area contributed by atoms with Gasteiger partial charge in [0.1, 0.15) is 17.4 Å². The van der Waals surface area contributed by atoms with E-state index in [9.17, 15) is 13.6 Å². The van der Waals surface area contributed by atoms with E-state index in [0.717, 1.165) is 36.4 Å². The van der Waals surface area contributed by atoms with Gasteiger partial charge in [-0.2, -0.15) is 0 Å². The fourth-order valence-corrected chi connectivity index (χ4v) is 3.31. The van der Waals surface area contributed by atoms with Gasteiger partial charge in [-0.05, 0) is 42.3 Å². The number of amides is 1. The van der Waals surface area contributed by atoms with Crippen molar-refractivity contribution in [1.29, 1.82) is 0 Å². The highest BCUT2D eigenvalue weighted by Gasteiger charge is 2.21. The smallest absolute Gasteiger partial charge is 0.290 e. The zero-order valence-corrected chi connectivity index (χ0v) is 16.9. The first-order chi connectivity index (χ1) is 14.5. The molecule has 30 heavy (non-hydrogen) atoms. The summed E-state index contributed by atoms with van der Waals surface area (Å²) in [5.41, 5.74) is 1.36. The van der Waals surface area contributed by atoms with Crippen molar-refractivity contribution in [2.24, 2.45) is 0 Å². The molecule has 1 aliphatic heterocycles. The van der Waals surface area contributed by atoms with Gasteiger partial charge in [0, 0.05) is 44.7 Å². The van der Waals surface area contributed by atoms with E-state index in [0.29, 0.717) is 31.6 Å². The number of carbonyl (C=O) groups is 2. The van der Waals surface area contributed by atoms with Crippen LogP contribution in [0.3, 0.4) is 0 Å². The minimum absolute atomic E-state index is 0.163. The van der Waals surface area contributed by atoms with E-state index in [1.54, 1.807) is 7.11 Å². The fourth-order valence-electron chi connectivity index (χ4n) is 3.31. The Morgan fingerprint density at radius 1 is 1.17 bits per heavy atom. The molecule has 0 spiro atoms. The van der Waals surface area contributed by atoms with Crippen LogP contribution in [0.1, 0.15) is 24.0 Å². The van der Waals surface area contributed by atoms with Crippen molar-refractivity contribution in [1.82, 2.24) is 9.80 Å². The number of hydrogen-bond donors (Lipinski definition) is 1. The highest BCUT2D eigenvalue weighted by molar-refractivity contribution is 5.78. The van der Waals surface area contributed by atoms with Gasteiger partial charge in [0.05, 0.1) is 7.11 Å². The maximum Gasteiger partial charge on any atom is 0.290 e. The van der Waals surface area contributed by atoms with Crippen LogP contribution in [0.15, 0.2) is 42.5 Å². The van der Waals surface area contributed by atoms with Gasteiger partial charge in [-0.15, -0.1) is 0 Å². The number of methoxy groups -OCH3 is 1. The molecule has 1 saturated heterocycles. The average molecular weight is 420 g/mol. The number of halogens is 2. The molecule has 2 aromatic rings. The van der Waals surface area contributed by atoms with Gasteiger partial charge < -0.3 is 14.7 Å². The molecule has 0 bridgehead atoms. The summed E-state index contributed by atoms with van der Waals surface area (Å²) >= 11 is 0. The first kappa shape index (κ1) is 23.3. The lowest BCUT2D eigenvalue weighted by molar-refractivity contribution is -0.128. The number of ether oxygens (including phenoxy) is 1. The molecule has 1 amide bonds. The Balaban J connectivity index is 0.00000101. The molecule has 1 heterocycles. The Morgan fingerprint density at radius 3 is 2.47 bits per heavy atom. The molecule has 0 atom stereocenters. The molecule has 0 saturated carbocycles. The van der Waals surface area contributed by atoms with Gasteiger partial charge in [0.25, 0.3) is 6.47 Å². The summed E-state index contributed by atoms with van der Waals surface area (Å²) in [6.07, 6.45) is 1.48. The fraction of sp³-hybridized carbons (Fsp3) is 0.364. The normalized spacial score (nSPS) is 13.2. The molecule has 6 nitrogen and oxygen atoms in total. The summed E-state index contributed by atoms with van der Waals surface area (Å²) in [5.74, 6) is 0.0550. The monoisotopic (exact) mass is 420 g/mol. The zero-order chi connectivity index (χ0) is 21.9. The molecule has 0 aromatic heterocycles. The summed E-state index contributed by atoms with van der Waals surface area (Å²) in [7, 11) is 1.61. The molecule has 0 radical (unpaired) electrons. The number of hydrogen-bond acceptors (Lipinski definition) is 4. The Hall–Kier alpha value is -3.00. The van der Waals surface area contributed by atoms with Crippen molar-refractivity contribution in [3.8, 4) is 5.75 Å². The van der Waals surface area contributed by atoms with E-state index in [2.05, 4.69) is 0 Å². The van der Waals surface area contributed by atoms with Gasteiger partial charge in [0.2, 0.25) is 5.91 Å². The third-order valence-electron chi connectivity index (χ3n) is 4.82.